The molecular formula is C21H20N4O3S. The molecule has 2 heterocycles. The van der Waals surface area contributed by atoms with Gasteiger partial charge in [0.1, 0.15) is 0 Å². The first kappa shape index (κ1) is 19.1. The molecule has 1 aromatic heterocycles. The summed E-state index contributed by atoms with van der Waals surface area (Å²) in [6, 6.07) is 12.8. The number of hydrogen-bond acceptors (Lipinski definition) is 5. The van der Waals surface area contributed by atoms with Crippen molar-refractivity contribution in [3.05, 3.63) is 48.0 Å². The highest BCUT2D eigenvalue weighted by Crippen LogP contribution is 2.27. The number of thiazole rings is 1. The molecule has 2 N–H and O–H groups in total. The molecule has 0 saturated carbocycles. The van der Waals surface area contributed by atoms with Crippen LogP contribution in [0.5, 0.6) is 0 Å². The normalized spacial score (nSPS) is 14.1. The number of carbonyl (C=O) groups is 3. The number of nitrogens with one attached hydrogen (secondary N) is 2. The number of amides is 3. The van der Waals surface area contributed by atoms with E-state index in [1.807, 2.05) is 31.2 Å². The average molecular weight is 408 g/mol. The highest BCUT2D eigenvalue weighted by atomic mass is 32.1. The Morgan fingerprint density at radius 3 is 2.62 bits per heavy atom. The molecule has 0 aliphatic carbocycles. The van der Waals surface area contributed by atoms with Gasteiger partial charge in [-0.2, -0.15) is 0 Å². The van der Waals surface area contributed by atoms with Gasteiger partial charge in [-0.25, -0.2) is 4.98 Å². The third-order valence-electron chi connectivity index (χ3n) is 4.79. The Hall–Kier alpha value is -3.26. The number of anilines is 3. The number of nitrogens with zero attached hydrogens (tertiary/aromatic N) is 2. The van der Waals surface area contributed by atoms with Gasteiger partial charge in [-0.15, -0.1) is 0 Å². The van der Waals surface area contributed by atoms with Crippen molar-refractivity contribution < 1.29 is 14.4 Å². The van der Waals surface area contributed by atoms with E-state index in [-0.39, 0.29) is 5.91 Å². The standard InChI is InChI=1S/C21H20N4O3S/c1-13-12-14(9-10-16(13)25-11-5-4-8-18(25)26)22-19(27)20(28)24-21-23-15-6-2-3-7-17(15)29-21/h2-3,6-7,9-10,12H,4-5,8,11H2,1H3,(H,22,27)(H,23,24,28). The Kier molecular flexibility index (Phi) is 5.26. The Labute approximate surface area is 171 Å². The number of benzene rings is 2. The Balaban J connectivity index is 1.42. The van der Waals surface area contributed by atoms with Crippen molar-refractivity contribution >= 4 is 55.8 Å². The lowest BCUT2D eigenvalue weighted by molar-refractivity contribution is -0.132. The molecule has 1 aliphatic heterocycles. The van der Waals surface area contributed by atoms with Crippen molar-refractivity contribution in [3.63, 3.8) is 0 Å². The number of para-hydroxylation sites is 1. The minimum Gasteiger partial charge on any atom is -0.318 e. The Morgan fingerprint density at radius 1 is 1.07 bits per heavy atom. The van der Waals surface area contributed by atoms with E-state index in [1.54, 1.807) is 23.1 Å². The third kappa shape index (κ3) is 4.12. The van der Waals surface area contributed by atoms with Crippen LogP contribution in [0.2, 0.25) is 0 Å². The van der Waals surface area contributed by atoms with Crippen molar-refractivity contribution in [1.82, 2.24) is 4.98 Å². The van der Waals surface area contributed by atoms with Crippen molar-refractivity contribution in [2.24, 2.45) is 0 Å². The lowest BCUT2D eigenvalue weighted by Gasteiger charge is -2.28. The molecule has 1 aliphatic rings. The van der Waals surface area contributed by atoms with Crippen LogP contribution in [0.1, 0.15) is 24.8 Å². The molecule has 0 bridgehead atoms. The number of carbonyl (C=O) groups excluding carboxylic acids is 3. The molecule has 29 heavy (non-hydrogen) atoms. The number of aryl methyl sites for hydroxylation is 1. The minimum absolute atomic E-state index is 0.117. The van der Waals surface area contributed by atoms with Crippen molar-refractivity contribution in [2.45, 2.75) is 26.2 Å². The molecule has 0 radical (unpaired) electrons. The molecule has 7 nitrogen and oxygen atoms in total. The second-order valence-corrected chi connectivity index (χ2v) is 7.93. The third-order valence-corrected chi connectivity index (χ3v) is 5.74. The minimum atomic E-state index is -0.781. The summed E-state index contributed by atoms with van der Waals surface area (Å²) >= 11 is 1.31. The summed E-state index contributed by atoms with van der Waals surface area (Å²) < 4.78 is 0.932. The number of rotatable bonds is 3. The van der Waals surface area contributed by atoms with Crippen LogP contribution >= 0.6 is 11.3 Å². The van der Waals surface area contributed by atoms with E-state index < -0.39 is 11.8 Å². The molecule has 3 amide bonds. The molecule has 148 valence electrons. The molecule has 0 unspecified atom stereocenters. The van der Waals surface area contributed by atoms with Gasteiger partial charge in [0.25, 0.3) is 0 Å². The zero-order valence-corrected chi connectivity index (χ0v) is 16.7. The van der Waals surface area contributed by atoms with Crippen LogP contribution in [0.3, 0.4) is 0 Å². The summed E-state index contributed by atoms with van der Waals surface area (Å²) in [6.07, 6.45) is 2.46. The topological polar surface area (TPSA) is 91.4 Å². The lowest BCUT2D eigenvalue weighted by Crippen LogP contribution is -2.35. The largest absolute Gasteiger partial charge is 0.318 e. The summed E-state index contributed by atoms with van der Waals surface area (Å²) in [7, 11) is 0. The Bertz CT molecular complexity index is 1080. The maximum absolute atomic E-state index is 12.3. The summed E-state index contributed by atoms with van der Waals surface area (Å²) in [5, 5.41) is 5.52. The van der Waals surface area contributed by atoms with Crippen LogP contribution < -0.4 is 15.5 Å². The lowest BCUT2D eigenvalue weighted by atomic mass is 10.1. The molecular weight excluding hydrogens is 388 g/mol. The molecule has 0 spiro atoms. The first-order valence-corrected chi connectivity index (χ1v) is 10.2. The second kappa shape index (κ2) is 8.00. The summed E-state index contributed by atoms with van der Waals surface area (Å²) in [4.78, 5) is 42.7. The first-order chi connectivity index (χ1) is 14.0. The molecule has 3 aromatic rings. The average Bonchev–Trinajstić information content (AvgIpc) is 3.11. The van der Waals surface area contributed by atoms with Gasteiger partial charge in [0.2, 0.25) is 5.91 Å². The highest BCUT2D eigenvalue weighted by molar-refractivity contribution is 7.22. The second-order valence-electron chi connectivity index (χ2n) is 6.90. The van der Waals surface area contributed by atoms with Gasteiger partial charge in [-0.3, -0.25) is 19.7 Å². The number of piperidine rings is 1. The van der Waals surface area contributed by atoms with E-state index in [0.717, 1.165) is 34.3 Å². The van der Waals surface area contributed by atoms with Gasteiger partial charge in [0.05, 0.1) is 10.2 Å². The molecule has 1 saturated heterocycles. The predicted molar refractivity (Wildman–Crippen MR) is 114 cm³/mol. The van der Waals surface area contributed by atoms with Gasteiger partial charge in [0, 0.05) is 24.3 Å². The number of fused-ring (bicyclic) bond motifs is 1. The highest BCUT2D eigenvalue weighted by Gasteiger charge is 2.22. The molecule has 4 rings (SSSR count). The SMILES string of the molecule is Cc1cc(NC(=O)C(=O)Nc2nc3ccccc3s2)ccc1N1CCCCC1=O. The first-order valence-electron chi connectivity index (χ1n) is 9.40. The van der Waals surface area contributed by atoms with Crippen LogP contribution in [0, 0.1) is 6.92 Å². The molecule has 2 aromatic carbocycles. The van der Waals surface area contributed by atoms with Gasteiger partial charge in [-0.05, 0) is 55.7 Å². The van der Waals surface area contributed by atoms with Crippen molar-refractivity contribution in [1.29, 1.82) is 0 Å². The van der Waals surface area contributed by atoms with E-state index >= 15 is 0 Å². The van der Waals surface area contributed by atoms with Crippen LogP contribution in [0.15, 0.2) is 42.5 Å². The summed E-state index contributed by atoms with van der Waals surface area (Å²) in [6.45, 7) is 2.59. The van der Waals surface area contributed by atoms with Crippen LogP contribution in [0.25, 0.3) is 10.2 Å². The molecule has 1 fully saturated rings. The fraction of sp³-hybridized carbons (Fsp3) is 0.238. The predicted octanol–water partition coefficient (Wildman–Crippen LogP) is 3.70. The van der Waals surface area contributed by atoms with Gasteiger partial charge < -0.3 is 10.2 Å². The van der Waals surface area contributed by atoms with E-state index in [1.165, 1.54) is 11.3 Å². The Morgan fingerprint density at radius 2 is 1.86 bits per heavy atom. The monoisotopic (exact) mass is 408 g/mol. The smallest absolute Gasteiger partial charge is 0.315 e. The van der Waals surface area contributed by atoms with Crippen molar-refractivity contribution in [3.8, 4) is 0 Å². The van der Waals surface area contributed by atoms with Crippen LogP contribution in [0.4, 0.5) is 16.5 Å². The molecule has 0 atom stereocenters. The zero-order chi connectivity index (χ0) is 20.4. The summed E-state index contributed by atoms with van der Waals surface area (Å²) in [5.41, 5.74) is 2.98. The maximum Gasteiger partial charge on any atom is 0.315 e. The van der Waals surface area contributed by atoms with Gasteiger partial charge in [0.15, 0.2) is 5.13 Å². The summed E-state index contributed by atoms with van der Waals surface area (Å²) in [5.74, 6) is -1.44. The molecule has 8 heteroatoms. The maximum atomic E-state index is 12.3. The quantitative estimate of drug-likeness (QED) is 0.647. The number of hydrogen-bond donors (Lipinski definition) is 2. The number of aromatic nitrogens is 1. The van der Waals surface area contributed by atoms with E-state index in [2.05, 4.69) is 15.6 Å². The van der Waals surface area contributed by atoms with Crippen LogP contribution in [-0.2, 0) is 14.4 Å². The van der Waals surface area contributed by atoms with E-state index in [0.29, 0.717) is 23.8 Å². The van der Waals surface area contributed by atoms with E-state index in [4.69, 9.17) is 0 Å². The van der Waals surface area contributed by atoms with Crippen LogP contribution in [-0.4, -0.2) is 29.3 Å². The zero-order valence-electron chi connectivity index (χ0n) is 15.9. The van der Waals surface area contributed by atoms with Crippen molar-refractivity contribution in [2.75, 3.05) is 22.1 Å². The fourth-order valence-corrected chi connectivity index (χ4v) is 4.22. The van der Waals surface area contributed by atoms with Gasteiger partial charge in [-0.1, -0.05) is 23.5 Å². The van der Waals surface area contributed by atoms with E-state index in [9.17, 15) is 14.4 Å². The fourth-order valence-electron chi connectivity index (χ4n) is 3.36. The van der Waals surface area contributed by atoms with Gasteiger partial charge >= 0.3 is 11.8 Å².